The van der Waals surface area contributed by atoms with Crippen molar-refractivity contribution in [3.63, 3.8) is 0 Å². The van der Waals surface area contributed by atoms with E-state index >= 15 is 0 Å². The van der Waals surface area contributed by atoms with Crippen LogP contribution in [0.15, 0.2) is 42.5 Å². The standard InChI is InChI=1S/C20H25FN2O4/c1-25-18-9-4-15(14-19(18)26-2)10-12-23-20(24)22-11-3-13-27-17-7-5-16(21)6-8-17/h4-9,14H,3,10-13H2,1-2H3,(H2,22,23,24). The SMILES string of the molecule is COc1ccc(CCNC(=O)NCCCOc2ccc(F)cc2)cc1OC. The second-order valence-corrected chi connectivity index (χ2v) is 5.78. The van der Waals surface area contributed by atoms with Gasteiger partial charge in [0.15, 0.2) is 11.5 Å². The first-order valence-corrected chi connectivity index (χ1v) is 8.73. The molecule has 2 amide bonds. The van der Waals surface area contributed by atoms with Crippen molar-refractivity contribution in [3.8, 4) is 17.2 Å². The Bertz CT molecular complexity index is 722. The van der Waals surface area contributed by atoms with Gasteiger partial charge in [0.2, 0.25) is 0 Å². The fourth-order valence-electron chi connectivity index (χ4n) is 2.41. The summed E-state index contributed by atoms with van der Waals surface area (Å²) < 4.78 is 28.7. The van der Waals surface area contributed by atoms with Gasteiger partial charge in [0.05, 0.1) is 20.8 Å². The van der Waals surface area contributed by atoms with Gasteiger partial charge in [-0.3, -0.25) is 0 Å². The normalized spacial score (nSPS) is 10.2. The van der Waals surface area contributed by atoms with Gasteiger partial charge in [0.25, 0.3) is 0 Å². The molecule has 0 aliphatic heterocycles. The van der Waals surface area contributed by atoms with E-state index in [4.69, 9.17) is 14.2 Å². The second kappa shape index (κ2) is 10.9. The van der Waals surface area contributed by atoms with Gasteiger partial charge in [0.1, 0.15) is 11.6 Å². The van der Waals surface area contributed by atoms with Crippen molar-refractivity contribution in [1.29, 1.82) is 0 Å². The third-order valence-corrected chi connectivity index (χ3v) is 3.84. The van der Waals surface area contributed by atoms with Crippen LogP contribution in [-0.4, -0.2) is 39.9 Å². The Labute approximate surface area is 158 Å². The van der Waals surface area contributed by atoms with Gasteiger partial charge in [-0.25, -0.2) is 9.18 Å². The molecular formula is C20H25FN2O4. The number of rotatable bonds is 10. The summed E-state index contributed by atoms with van der Waals surface area (Å²) >= 11 is 0. The molecule has 146 valence electrons. The molecule has 0 aliphatic rings. The number of hydrogen-bond donors (Lipinski definition) is 2. The van der Waals surface area contributed by atoms with E-state index in [9.17, 15) is 9.18 Å². The molecule has 27 heavy (non-hydrogen) atoms. The maximum absolute atomic E-state index is 12.8. The Hall–Kier alpha value is -2.96. The molecule has 2 N–H and O–H groups in total. The Morgan fingerprint density at radius 3 is 2.37 bits per heavy atom. The van der Waals surface area contributed by atoms with E-state index in [2.05, 4.69) is 10.6 Å². The number of carbonyl (C=O) groups is 1. The predicted octanol–water partition coefficient (Wildman–Crippen LogP) is 3.15. The Morgan fingerprint density at radius 2 is 1.67 bits per heavy atom. The summed E-state index contributed by atoms with van der Waals surface area (Å²) in [4.78, 5) is 11.8. The lowest BCUT2D eigenvalue weighted by atomic mass is 10.1. The summed E-state index contributed by atoms with van der Waals surface area (Å²) in [6, 6.07) is 11.3. The number of ether oxygens (including phenoxy) is 3. The average Bonchev–Trinajstić information content (AvgIpc) is 2.69. The van der Waals surface area contributed by atoms with Crippen LogP contribution in [0.25, 0.3) is 0 Å². The molecule has 0 spiro atoms. The second-order valence-electron chi connectivity index (χ2n) is 5.78. The molecule has 0 radical (unpaired) electrons. The van der Waals surface area contributed by atoms with Gasteiger partial charge in [-0.15, -0.1) is 0 Å². The van der Waals surface area contributed by atoms with Crippen LogP contribution >= 0.6 is 0 Å². The van der Waals surface area contributed by atoms with E-state index in [0.29, 0.717) is 49.8 Å². The van der Waals surface area contributed by atoms with Crippen molar-refractivity contribution in [2.75, 3.05) is 33.9 Å². The minimum absolute atomic E-state index is 0.225. The van der Waals surface area contributed by atoms with E-state index in [-0.39, 0.29) is 11.8 Å². The first kappa shape index (κ1) is 20.4. The van der Waals surface area contributed by atoms with Gasteiger partial charge in [0, 0.05) is 13.1 Å². The zero-order valence-corrected chi connectivity index (χ0v) is 15.6. The van der Waals surface area contributed by atoms with Crippen molar-refractivity contribution in [3.05, 3.63) is 53.8 Å². The molecule has 0 unspecified atom stereocenters. The molecule has 6 nitrogen and oxygen atoms in total. The number of nitrogens with one attached hydrogen (secondary N) is 2. The first-order valence-electron chi connectivity index (χ1n) is 8.73. The molecule has 0 atom stereocenters. The fourth-order valence-corrected chi connectivity index (χ4v) is 2.41. The number of methoxy groups -OCH3 is 2. The van der Waals surface area contributed by atoms with Gasteiger partial charge in [-0.1, -0.05) is 6.07 Å². The summed E-state index contributed by atoms with van der Waals surface area (Å²) in [5.41, 5.74) is 1.04. The highest BCUT2D eigenvalue weighted by Gasteiger charge is 2.05. The van der Waals surface area contributed by atoms with Crippen LogP contribution in [0, 0.1) is 5.82 Å². The molecule has 7 heteroatoms. The third-order valence-electron chi connectivity index (χ3n) is 3.84. The number of halogens is 1. The molecule has 0 saturated heterocycles. The minimum atomic E-state index is -0.297. The van der Waals surface area contributed by atoms with Crippen molar-refractivity contribution in [2.45, 2.75) is 12.8 Å². The Kier molecular flexibility index (Phi) is 8.22. The molecule has 0 aliphatic carbocycles. The van der Waals surface area contributed by atoms with E-state index in [1.54, 1.807) is 26.4 Å². The van der Waals surface area contributed by atoms with Gasteiger partial charge in [-0.05, 0) is 54.8 Å². The van der Waals surface area contributed by atoms with Gasteiger partial charge < -0.3 is 24.8 Å². The number of amides is 2. The van der Waals surface area contributed by atoms with Crippen LogP contribution in [0.3, 0.4) is 0 Å². The maximum atomic E-state index is 12.8. The van der Waals surface area contributed by atoms with E-state index in [0.717, 1.165) is 5.56 Å². The summed E-state index contributed by atoms with van der Waals surface area (Å²) in [5, 5.41) is 5.58. The van der Waals surface area contributed by atoms with E-state index in [1.165, 1.54) is 12.1 Å². The highest BCUT2D eigenvalue weighted by molar-refractivity contribution is 5.73. The van der Waals surface area contributed by atoms with Crippen molar-refractivity contribution < 1.29 is 23.4 Å². The lowest BCUT2D eigenvalue weighted by molar-refractivity contribution is 0.239. The summed E-state index contributed by atoms with van der Waals surface area (Å²) in [6.45, 7) is 1.44. The van der Waals surface area contributed by atoms with Crippen LogP contribution < -0.4 is 24.8 Å². The van der Waals surface area contributed by atoms with E-state index < -0.39 is 0 Å². The molecule has 2 rings (SSSR count). The Morgan fingerprint density at radius 1 is 0.963 bits per heavy atom. The smallest absolute Gasteiger partial charge is 0.314 e. The number of carbonyl (C=O) groups excluding carboxylic acids is 1. The summed E-state index contributed by atoms with van der Waals surface area (Å²) in [7, 11) is 3.18. The lowest BCUT2D eigenvalue weighted by Crippen LogP contribution is -2.37. The molecule has 0 bridgehead atoms. The van der Waals surface area contributed by atoms with Gasteiger partial charge >= 0.3 is 6.03 Å². The molecule has 0 fully saturated rings. The van der Waals surface area contributed by atoms with Crippen LogP contribution in [0.4, 0.5) is 9.18 Å². The number of benzene rings is 2. The van der Waals surface area contributed by atoms with Crippen LogP contribution in [0.1, 0.15) is 12.0 Å². The monoisotopic (exact) mass is 376 g/mol. The van der Waals surface area contributed by atoms with Crippen molar-refractivity contribution >= 4 is 6.03 Å². The molecule has 2 aromatic carbocycles. The van der Waals surface area contributed by atoms with E-state index in [1.807, 2.05) is 18.2 Å². The average molecular weight is 376 g/mol. The topological polar surface area (TPSA) is 68.8 Å². The molecular weight excluding hydrogens is 351 g/mol. The molecule has 0 saturated carbocycles. The predicted molar refractivity (Wildman–Crippen MR) is 101 cm³/mol. The summed E-state index contributed by atoms with van der Waals surface area (Å²) in [5.74, 6) is 1.65. The highest BCUT2D eigenvalue weighted by Crippen LogP contribution is 2.27. The summed E-state index contributed by atoms with van der Waals surface area (Å²) in [6.07, 6.45) is 1.34. The van der Waals surface area contributed by atoms with Crippen LogP contribution in [0.2, 0.25) is 0 Å². The van der Waals surface area contributed by atoms with Crippen molar-refractivity contribution in [1.82, 2.24) is 10.6 Å². The van der Waals surface area contributed by atoms with Gasteiger partial charge in [-0.2, -0.15) is 0 Å². The van der Waals surface area contributed by atoms with Crippen LogP contribution in [-0.2, 0) is 6.42 Å². The molecule has 0 aromatic heterocycles. The minimum Gasteiger partial charge on any atom is -0.494 e. The number of hydrogen-bond acceptors (Lipinski definition) is 4. The lowest BCUT2D eigenvalue weighted by Gasteiger charge is -2.11. The zero-order chi connectivity index (χ0) is 19.5. The molecule has 0 heterocycles. The quantitative estimate of drug-likeness (QED) is 0.625. The zero-order valence-electron chi connectivity index (χ0n) is 15.6. The molecule has 2 aromatic rings. The van der Waals surface area contributed by atoms with Crippen molar-refractivity contribution in [2.24, 2.45) is 0 Å². The number of urea groups is 1. The third kappa shape index (κ3) is 7.05. The Balaban J connectivity index is 1.59. The maximum Gasteiger partial charge on any atom is 0.314 e. The highest BCUT2D eigenvalue weighted by atomic mass is 19.1. The fraction of sp³-hybridized carbons (Fsp3) is 0.350. The van der Waals surface area contributed by atoms with Crippen LogP contribution in [0.5, 0.6) is 17.2 Å². The largest absolute Gasteiger partial charge is 0.494 e. The first-order chi connectivity index (χ1) is 13.1.